The Morgan fingerprint density at radius 1 is 1.29 bits per heavy atom. The number of hydrogen-bond donors (Lipinski definition) is 1. The highest BCUT2D eigenvalue weighted by Crippen LogP contribution is 2.48. The first kappa shape index (κ1) is 30.1. The number of carbonyl (C=O) groups excluding carboxylic acids is 2. The van der Waals surface area contributed by atoms with Crippen LogP contribution in [0, 0.1) is 16.0 Å². The summed E-state index contributed by atoms with van der Waals surface area (Å²) in [6, 6.07) is 5.41. The van der Waals surface area contributed by atoms with Gasteiger partial charge in [0.15, 0.2) is 8.32 Å². The summed E-state index contributed by atoms with van der Waals surface area (Å²) in [7, 11) is -1.89. The van der Waals surface area contributed by atoms with Crippen molar-refractivity contribution in [2.45, 2.75) is 77.4 Å². The summed E-state index contributed by atoms with van der Waals surface area (Å²) in [6.45, 7) is 13.1. The fraction of sp³-hybridized carbons (Fsp3) is 0.483. The van der Waals surface area contributed by atoms with Crippen molar-refractivity contribution in [3.05, 3.63) is 68.7 Å². The number of β-lactam (4-membered cyclic amide) rings is 1. The lowest BCUT2D eigenvalue weighted by atomic mass is 9.83. The van der Waals surface area contributed by atoms with E-state index >= 15 is 0 Å². The minimum absolute atomic E-state index is 0.0585. The molecule has 0 bridgehead atoms. The molecule has 42 heavy (non-hydrogen) atoms. The van der Waals surface area contributed by atoms with E-state index in [9.17, 15) is 24.8 Å². The smallest absolute Gasteiger partial charge is 0.355 e. The predicted octanol–water partition coefficient (Wildman–Crippen LogP) is 4.93. The van der Waals surface area contributed by atoms with E-state index in [1.807, 2.05) is 9.78 Å². The van der Waals surface area contributed by atoms with Gasteiger partial charge in [0.25, 0.3) is 5.69 Å². The van der Waals surface area contributed by atoms with Gasteiger partial charge in [-0.3, -0.25) is 19.3 Å². The molecule has 5 rings (SSSR count). The van der Waals surface area contributed by atoms with Gasteiger partial charge in [0.2, 0.25) is 5.91 Å². The molecule has 1 N–H and O–H groups in total. The number of aliphatic hydroxyl groups excluding tert-OH is 1. The molecule has 1 amide bonds. The van der Waals surface area contributed by atoms with Gasteiger partial charge in [0, 0.05) is 36.1 Å². The quantitative estimate of drug-likeness (QED) is 0.112. The molecule has 1 fully saturated rings. The molecular weight excluding hydrogens is 576 g/mol. The number of aromatic nitrogens is 2. The maximum Gasteiger partial charge on any atom is 0.355 e. The summed E-state index contributed by atoms with van der Waals surface area (Å²) < 4.78 is 13.9. The van der Waals surface area contributed by atoms with E-state index in [0.717, 1.165) is 16.2 Å². The number of nitrogens with zero attached hydrogens (tertiary/aromatic N) is 4. The second-order valence-corrected chi connectivity index (χ2v) is 18.1. The zero-order valence-electron chi connectivity index (χ0n) is 24.6. The highest BCUT2D eigenvalue weighted by atomic mass is 32.1. The third-order valence-electron chi connectivity index (χ3n) is 8.69. The summed E-state index contributed by atoms with van der Waals surface area (Å²) in [5.41, 5.74) is 3.02. The molecule has 0 aliphatic carbocycles. The Morgan fingerprint density at radius 3 is 2.60 bits per heavy atom. The van der Waals surface area contributed by atoms with Crippen molar-refractivity contribution in [1.82, 2.24) is 14.3 Å². The van der Waals surface area contributed by atoms with Crippen molar-refractivity contribution in [2.75, 3.05) is 6.61 Å². The van der Waals surface area contributed by atoms with E-state index < -0.39 is 31.2 Å². The van der Waals surface area contributed by atoms with Gasteiger partial charge in [-0.05, 0) is 49.2 Å². The molecule has 0 saturated carbocycles. The van der Waals surface area contributed by atoms with Gasteiger partial charge in [0.05, 0.1) is 34.4 Å². The van der Waals surface area contributed by atoms with Gasteiger partial charge in [-0.1, -0.05) is 20.8 Å². The van der Waals surface area contributed by atoms with Crippen LogP contribution in [-0.2, 0) is 31.8 Å². The van der Waals surface area contributed by atoms with E-state index in [2.05, 4.69) is 38.8 Å². The maximum atomic E-state index is 13.5. The number of fused-ring (bicyclic) bond motifs is 2. The van der Waals surface area contributed by atoms with Crippen LogP contribution in [-0.4, -0.2) is 63.3 Å². The van der Waals surface area contributed by atoms with Gasteiger partial charge in [0.1, 0.15) is 23.5 Å². The lowest BCUT2D eigenvalue weighted by Crippen LogP contribution is -2.61. The second kappa shape index (κ2) is 11.0. The molecule has 2 aliphatic heterocycles. The van der Waals surface area contributed by atoms with Crippen molar-refractivity contribution >= 4 is 47.6 Å². The number of nitro benzene ring substituents is 1. The van der Waals surface area contributed by atoms with Crippen LogP contribution >= 0.6 is 11.3 Å². The maximum absolute atomic E-state index is 13.5. The molecule has 2 aliphatic rings. The number of rotatable bonds is 10. The van der Waals surface area contributed by atoms with Gasteiger partial charge >= 0.3 is 5.97 Å². The Bertz CT molecular complexity index is 1570. The average molecular weight is 613 g/mol. The number of carbonyl (C=O) groups is 2. The number of imidazole rings is 1. The molecule has 0 radical (unpaired) electrons. The highest BCUT2D eigenvalue weighted by Gasteiger charge is 2.57. The zero-order valence-corrected chi connectivity index (χ0v) is 26.4. The summed E-state index contributed by atoms with van der Waals surface area (Å²) >= 11 is 1.52. The lowest BCUT2D eigenvalue weighted by Gasteiger charge is -2.44. The molecule has 13 heteroatoms. The Balaban J connectivity index is 1.40. The molecule has 1 saturated heterocycles. The topological polar surface area (TPSA) is 137 Å². The number of ether oxygens (including phenoxy) is 1. The second-order valence-electron chi connectivity index (χ2n) is 12.4. The summed E-state index contributed by atoms with van der Waals surface area (Å²) in [6.07, 6.45) is 1.94. The number of esters is 1. The van der Waals surface area contributed by atoms with Crippen molar-refractivity contribution in [3.8, 4) is 0 Å². The molecular formula is C29H36N4O7SSi. The standard InChI is InChI=1S/C29H36N4O7SSi/c1-17(34)24-22-13-20(23-15-41-27-21(30-16-31(23)27)11-12-40-42(5,6)29(2,3)4)25(32(22)26(24)35)28(36)39-14-18-7-9-19(10-8-18)33(37)38/h7-10,15-17,22,24,34H,11-14H2,1-6H3/t17-,22-,24-/m1/s1. The van der Waals surface area contributed by atoms with Crippen LogP contribution in [0.5, 0.6) is 0 Å². The third-order valence-corrected chi connectivity index (χ3v) is 14.2. The fourth-order valence-corrected chi connectivity index (χ4v) is 7.34. The van der Waals surface area contributed by atoms with Crippen LogP contribution in [0.25, 0.3) is 10.4 Å². The molecule has 11 nitrogen and oxygen atoms in total. The van der Waals surface area contributed by atoms with Crippen LogP contribution in [0.2, 0.25) is 18.1 Å². The van der Waals surface area contributed by atoms with Crippen LogP contribution in [0.1, 0.15) is 51.1 Å². The van der Waals surface area contributed by atoms with Gasteiger partial charge in [-0.25, -0.2) is 9.78 Å². The van der Waals surface area contributed by atoms with E-state index in [1.54, 1.807) is 13.3 Å². The minimum atomic E-state index is -1.89. The summed E-state index contributed by atoms with van der Waals surface area (Å²) in [4.78, 5) is 44.0. The van der Waals surface area contributed by atoms with Crippen LogP contribution < -0.4 is 0 Å². The monoisotopic (exact) mass is 612 g/mol. The number of aliphatic hydroxyl groups is 1. The van der Waals surface area contributed by atoms with Crippen LogP contribution in [0.3, 0.4) is 0 Å². The number of nitro groups is 1. The molecule has 3 atom stereocenters. The molecule has 4 heterocycles. The molecule has 1 aromatic carbocycles. The molecule has 0 unspecified atom stereocenters. The Hall–Kier alpha value is -3.39. The Labute approximate surface area is 249 Å². The fourth-order valence-electron chi connectivity index (χ4n) is 5.27. The van der Waals surface area contributed by atoms with E-state index in [-0.39, 0.29) is 35.0 Å². The van der Waals surface area contributed by atoms with E-state index in [1.165, 1.54) is 40.5 Å². The number of non-ortho nitro benzene ring substituents is 1. The SMILES string of the molecule is C[C@@H](O)[C@H]1C(=O)N2C(C(=O)OCc3ccc([N+](=O)[O-])cc3)=C(c3csc4c(CCO[Si](C)(C)C(C)(C)C)ncn34)C[C@H]12. The molecule has 3 aromatic rings. The normalized spacial score (nSPS) is 19.7. The average Bonchev–Trinajstić information content (AvgIpc) is 3.59. The molecule has 224 valence electrons. The van der Waals surface area contributed by atoms with Crippen LogP contribution in [0.4, 0.5) is 5.69 Å². The van der Waals surface area contributed by atoms with E-state index in [0.29, 0.717) is 30.6 Å². The predicted molar refractivity (Wildman–Crippen MR) is 160 cm³/mol. The van der Waals surface area contributed by atoms with Gasteiger partial charge in [-0.15, -0.1) is 11.3 Å². The summed E-state index contributed by atoms with van der Waals surface area (Å²) in [5.74, 6) is -1.57. The van der Waals surface area contributed by atoms with Gasteiger partial charge in [-0.2, -0.15) is 0 Å². The summed E-state index contributed by atoms with van der Waals surface area (Å²) in [5, 5.41) is 23.3. The van der Waals surface area contributed by atoms with E-state index in [4.69, 9.17) is 9.16 Å². The Kier molecular flexibility index (Phi) is 7.90. The molecule has 0 spiro atoms. The van der Waals surface area contributed by atoms with Gasteiger partial charge < -0.3 is 19.2 Å². The first-order valence-corrected chi connectivity index (χ1v) is 17.7. The number of thiazole rings is 1. The number of benzene rings is 1. The first-order chi connectivity index (χ1) is 19.7. The largest absolute Gasteiger partial charge is 0.456 e. The zero-order chi connectivity index (χ0) is 30.6. The minimum Gasteiger partial charge on any atom is -0.456 e. The van der Waals surface area contributed by atoms with Crippen molar-refractivity contribution in [1.29, 1.82) is 0 Å². The van der Waals surface area contributed by atoms with Crippen molar-refractivity contribution in [2.24, 2.45) is 5.92 Å². The first-order valence-electron chi connectivity index (χ1n) is 13.9. The number of amides is 1. The number of hydrogen-bond acceptors (Lipinski definition) is 9. The van der Waals surface area contributed by atoms with Crippen LogP contribution in [0.15, 0.2) is 41.7 Å². The van der Waals surface area contributed by atoms with Crippen molar-refractivity contribution in [3.63, 3.8) is 0 Å². The lowest BCUT2D eigenvalue weighted by molar-refractivity contribution is -0.384. The third kappa shape index (κ3) is 5.30. The Morgan fingerprint density at radius 2 is 1.98 bits per heavy atom. The highest BCUT2D eigenvalue weighted by molar-refractivity contribution is 7.16. The molecule has 2 aromatic heterocycles. The van der Waals surface area contributed by atoms with Crippen molar-refractivity contribution < 1.29 is 28.8 Å².